The van der Waals surface area contributed by atoms with Crippen molar-refractivity contribution >= 4 is 0 Å². The smallest absolute Gasteiger partial charge is 0.267 e. The largest absolute Gasteiger partial charge is 0.299 e. The number of nitrogens with zero attached hydrogens (tertiary/aromatic N) is 1. The lowest BCUT2D eigenvalue weighted by molar-refractivity contribution is 0.343. The Labute approximate surface area is 78.8 Å². The van der Waals surface area contributed by atoms with E-state index in [1.165, 1.54) is 0 Å². The molecule has 0 saturated carbocycles. The zero-order valence-electron chi connectivity index (χ0n) is 8.85. The maximum absolute atomic E-state index is 11.5. The lowest BCUT2D eigenvalue weighted by Crippen LogP contribution is -2.32. The molecule has 13 heavy (non-hydrogen) atoms. The minimum Gasteiger partial charge on any atom is -0.299 e. The summed E-state index contributed by atoms with van der Waals surface area (Å²) in [5.74, 6) is 0. The molecule has 1 N–H and O–H groups in total. The molecule has 0 aromatic carbocycles. The van der Waals surface area contributed by atoms with Gasteiger partial charge in [0.15, 0.2) is 0 Å². The van der Waals surface area contributed by atoms with E-state index in [9.17, 15) is 4.79 Å². The van der Waals surface area contributed by atoms with Gasteiger partial charge in [-0.15, -0.1) is 0 Å². The van der Waals surface area contributed by atoms with Crippen molar-refractivity contribution in [1.29, 1.82) is 0 Å². The molecule has 74 valence electrons. The van der Waals surface area contributed by atoms with Gasteiger partial charge in [-0.3, -0.25) is 9.89 Å². The fourth-order valence-electron chi connectivity index (χ4n) is 1.34. The summed E-state index contributed by atoms with van der Waals surface area (Å²) in [5, 5.41) is 3.13. The standard InChI is InChI=1S/C10H18N2O/c1-5-6-8-7-9(13)12(11-8)10(2,3)4/h7,11H,5-6H2,1-4H3. The van der Waals surface area contributed by atoms with Crippen LogP contribution in [0.3, 0.4) is 0 Å². The lowest BCUT2D eigenvalue weighted by Gasteiger charge is -2.19. The van der Waals surface area contributed by atoms with Gasteiger partial charge in [0.25, 0.3) is 5.56 Å². The fraction of sp³-hybridized carbons (Fsp3) is 0.700. The Balaban J connectivity index is 3.04. The first-order valence-electron chi connectivity index (χ1n) is 4.76. The van der Waals surface area contributed by atoms with Crippen molar-refractivity contribution in [3.8, 4) is 0 Å². The van der Waals surface area contributed by atoms with Gasteiger partial charge in [-0.2, -0.15) is 0 Å². The quantitative estimate of drug-likeness (QED) is 0.745. The van der Waals surface area contributed by atoms with Crippen molar-refractivity contribution in [3.63, 3.8) is 0 Å². The summed E-state index contributed by atoms with van der Waals surface area (Å²) in [6, 6.07) is 1.69. The van der Waals surface area contributed by atoms with Gasteiger partial charge in [-0.05, 0) is 27.2 Å². The highest BCUT2D eigenvalue weighted by Crippen LogP contribution is 2.09. The van der Waals surface area contributed by atoms with E-state index in [2.05, 4.69) is 12.0 Å². The molecule has 0 aliphatic rings. The second-order valence-corrected chi connectivity index (χ2v) is 4.38. The first-order valence-corrected chi connectivity index (χ1v) is 4.76. The summed E-state index contributed by atoms with van der Waals surface area (Å²) in [5.41, 5.74) is 0.946. The van der Waals surface area contributed by atoms with Crippen LogP contribution in [0.1, 0.15) is 39.8 Å². The fourth-order valence-corrected chi connectivity index (χ4v) is 1.34. The van der Waals surface area contributed by atoms with Crippen molar-refractivity contribution in [2.45, 2.75) is 46.1 Å². The molecule has 3 nitrogen and oxygen atoms in total. The van der Waals surface area contributed by atoms with E-state index in [0.717, 1.165) is 18.5 Å². The number of H-pyrrole nitrogens is 1. The number of hydrogen-bond acceptors (Lipinski definition) is 1. The molecule has 1 aromatic rings. The zero-order chi connectivity index (χ0) is 10.1. The van der Waals surface area contributed by atoms with Gasteiger partial charge in [0.2, 0.25) is 0 Å². The molecular weight excluding hydrogens is 164 g/mol. The van der Waals surface area contributed by atoms with E-state index in [1.54, 1.807) is 10.7 Å². The van der Waals surface area contributed by atoms with Crippen LogP contribution >= 0.6 is 0 Å². The summed E-state index contributed by atoms with van der Waals surface area (Å²) in [4.78, 5) is 11.5. The van der Waals surface area contributed by atoms with Crippen molar-refractivity contribution < 1.29 is 0 Å². The van der Waals surface area contributed by atoms with Crippen LogP contribution in [-0.4, -0.2) is 9.78 Å². The van der Waals surface area contributed by atoms with Crippen LogP contribution in [0.4, 0.5) is 0 Å². The molecule has 0 amide bonds. The maximum Gasteiger partial charge on any atom is 0.267 e. The van der Waals surface area contributed by atoms with E-state index in [-0.39, 0.29) is 11.1 Å². The van der Waals surface area contributed by atoms with Crippen LogP contribution in [0.2, 0.25) is 0 Å². The monoisotopic (exact) mass is 182 g/mol. The van der Waals surface area contributed by atoms with Crippen LogP contribution in [0, 0.1) is 0 Å². The minimum atomic E-state index is -0.150. The predicted molar refractivity (Wildman–Crippen MR) is 54.0 cm³/mol. The summed E-state index contributed by atoms with van der Waals surface area (Å²) in [6.07, 6.45) is 2.00. The highest BCUT2D eigenvalue weighted by Gasteiger charge is 2.16. The number of nitrogens with one attached hydrogen (secondary N) is 1. The molecule has 0 aliphatic carbocycles. The maximum atomic E-state index is 11.5. The van der Waals surface area contributed by atoms with Crippen LogP contribution < -0.4 is 5.56 Å². The van der Waals surface area contributed by atoms with Gasteiger partial charge in [0.05, 0.1) is 5.54 Å². The van der Waals surface area contributed by atoms with Crippen molar-refractivity contribution in [1.82, 2.24) is 9.78 Å². The van der Waals surface area contributed by atoms with Gasteiger partial charge < -0.3 is 0 Å². The highest BCUT2D eigenvalue weighted by molar-refractivity contribution is 5.01. The third kappa shape index (κ3) is 2.23. The van der Waals surface area contributed by atoms with Crippen molar-refractivity contribution in [2.75, 3.05) is 0 Å². The Hall–Kier alpha value is -0.990. The molecule has 1 heterocycles. The van der Waals surface area contributed by atoms with E-state index >= 15 is 0 Å². The lowest BCUT2D eigenvalue weighted by atomic mass is 10.1. The summed E-state index contributed by atoms with van der Waals surface area (Å²) >= 11 is 0. The second-order valence-electron chi connectivity index (χ2n) is 4.38. The molecule has 1 aromatic heterocycles. The number of aromatic amines is 1. The molecular formula is C10H18N2O. The Kier molecular flexibility index (Phi) is 2.64. The van der Waals surface area contributed by atoms with Gasteiger partial charge in [0, 0.05) is 11.8 Å². The third-order valence-electron chi connectivity index (χ3n) is 1.96. The minimum absolute atomic E-state index is 0.0657. The number of aromatic nitrogens is 2. The Bertz CT molecular complexity index is 327. The molecule has 0 spiro atoms. The zero-order valence-corrected chi connectivity index (χ0v) is 8.85. The van der Waals surface area contributed by atoms with Crippen LogP contribution in [0.25, 0.3) is 0 Å². The average Bonchev–Trinajstić information content (AvgIpc) is 2.30. The van der Waals surface area contributed by atoms with Crippen LogP contribution in [0.15, 0.2) is 10.9 Å². The Morgan fingerprint density at radius 3 is 2.46 bits per heavy atom. The third-order valence-corrected chi connectivity index (χ3v) is 1.96. The highest BCUT2D eigenvalue weighted by atomic mass is 16.1. The van der Waals surface area contributed by atoms with Gasteiger partial charge in [-0.1, -0.05) is 13.3 Å². The van der Waals surface area contributed by atoms with E-state index < -0.39 is 0 Å². The van der Waals surface area contributed by atoms with Gasteiger partial charge in [0.1, 0.15) is 0 Å². The number of rotatable bonds is 2. The number of aryl methyl sites for hydroxylation is 1. The second kappa shape index (κ2) is 3.40. The topological polar surface area (TPSA) is 37.8 Å². The van der Waals surface area contributed by atoms with E-state index in [0.29, 0.717) is 0 Å². The first kappa shape index (κ1) is 10.1. The van der Waals surface area contributed by atoms with Crippen molar-refractivity contribution in [3.05, 3.63) is 22.1 Å². The molecule has 1 rings (SSSR count). The predicted octanol–water partition coefficient (Wildman–Crippen LogP) is 1.88. The molecule has 0 aliphatic heterocycles. The summed E-state index contributed by atoms with van der Waals surface area (Å²) in [6.45, 7) is 8.15. The molecule has 0 bridgehead atoms. The van der Waals surface area contributed by atoms with E-state index in [4.69, 9.17) is 0 Å². The van der Waals surface area contributed by atoms with Gasteiger partial charge in [-0.25, -0.2) is 4.68 Å². The van der Waals surface area contributed by atoms with Crippen LogP contribution in [0.5, 0.6) is 0 Å². The summed E-state index contributed by atoms with van der Waals surface area (Å²) < 4.78 is 1.68. The average molecular weight is 182 g/mol. The number of hydrogen-bond donors (Lipinski definition) is 1. The summed E-state index contributed by atoms with van der Waals surface area (Å²) in [7, 11) is 0. The normalized spacial score (nSPS) is 12.0. The van der Waals surface area contributed by atoms with E-state index in [1.807, 2.05) is 20.8 Å². The first-order chi connectivity index (χ1) is 5.95. The van der Waals surface area contributed by atoms with Crippen molar-refractivity contribution in [2.24, 2.45) is 0 Å². The molecule has 0 fully saturated rings. The molecule has 0 radical (unpaired) electrons. The van der Waals surface area contributed by atoms with Crippen LogP contribution in [-0.2, 0) is 12.0 Å². The SMILES string of the molecule is CCCc1cc(=O)n(C(C)(C)C)[nH]1. The molecule has 0 unspecified atom stereocenters. The van der Waals surface area contributed by atoms with Gasteiger partial charge >= 0.3 is 0 Å². The molecule has 0 atom stereocenters. The molecule has 3 heteroatoms. The Morgan fingerprint density at radius 2 is 2.08 bits per heavy atom. The molecule has 0 saturated heterocycles. The Morgan fingerprint density at radius 1 is 1.46 bits per heavy atom.